The zero-order valence-electron chi connectivity index (χ0n) is 12.9. The third kappa shape index (κ3) is 7.24. The highest BCUT2D eigenvalue weighted by atomic mass is 19.1. The molecule has 3 nitrogen and oxygen atoms in total. The fraction of sp³-hybridized carbons (Fsp3) is 0.529. The van der Waals surface area contributed by atoms with E-state index in [1.165, 1.54) is 12.1 Å². The van der Waals surface area contributed by atoms with Gasteiger partial charge in [-0.1, -0.05) is 11.8 Å². The molecule has 0 spiro atoms. The van der Waals surface area contributed by atoms with E-state index in [0.717, 1.165) is 12.0 Å². The predicted molar refractivity (Wildman–Crippen MR) is 80.3 cm³/mol. The van der Waals surface area contributed by atoms with Crippen LogP contribution < -0.4 is 0 Å². The van der Waals surface area contributed by atoms with E-state index in [4.69, 9.17) is 14.6 Å². The van der Waals surface area contributed by atoms with Crippen LogP contribution in [0.1, 0.15) is 37.8 Å². The Hall–Kier alpha value is -1.41. The minimum absolute atomic E-state index is 0.00751. The molecule has 116 valence electrons. The first kappa shape index (κ1) is 17.6. The molecule has 1 aromatic carbocycles. The van der Waals surface area contributed by atoms with E-state index in [9.17, 15) is 4.39 Å². The lowest BCUT2D eigenvalue weighted by atomic mass is 10.1. The number of hydrogen-bond acceptors (Lipinski definition) is 3. The fourth-order valence-electron chi connectivity index (χ4n) is 1.64. The summed E-state index contributed by atoms with van der Waals surface area (Å²) in [5.41, 5.74) is 1.13. The molecule has 0 saturated carbocycles. The van der Waals surface area contributed by atoms with Crippen molar-refractivity contribution in [3.05, 3.63) is 35.1 Å². The van der Waals surface area contributed by atoms with E-state index in [2.05, 4.69) is 11.8 Å². The van der Waals surface area contributed by atoms with Crippen molar-refractivity contribution < 1.29 is 19.0 Å². The molecule has 0 aliphatic carbocycles. The van der Waals surface area contributed by atoms with Gasteiger partial charge in [-0.2, -0.15) is 0 Å². The molecule has 0 aliphatic heterocycles. The Morgan fingerprint density at radius 2 is 2.05 bits per heavy atom. The summed E-state index contributed by atoms with van der Waals surface area (Å²) in [6.07, 6.45) is 1.15. The molecule has 0 bridgehead atoms. The smallest absolute Gasteiger partial charge is 0.124 e. The lowest BCUT2D eigenvalue weighted by Gasteiger charge is -2.22. The number of hydrogen-bond donors (Lipinski definition) is 1. The van der Waals surface area contributed by atoms with Gasteiger partial charge in [-0.15, -0.1) is 0 Å². The highest BCUT2D eigenvalue weighted by Gasteiger charge is 2.15. The van der Waals surface area contributed by atoms with Crippen LogP contribution in [0.4, 0.5) is 4.39 Å². The summed E-state index contributed by atoms with van der Waals surface area (Å²) in [5.74, 6) is 5.27. The van der Waals surface area contributed by atoms with Crippen LogP contribution in [0.5, 0.6) is 0 Å². The number of aliphatic hydroxyl groups is 1. The molecule has 0 saturated heterocycles. The third-order valence-electron chi connectivity index (χ3n) is 3.10. The molecular weight excluding hydrogens is 271 g/mol. The fourth-order valence-corrected chi connectivity index (χ4v) is 1.64. The standard InChI is InChI=1S/C17H23FO3/c1-17(2,20-3)7-9-21-13-15-10-14(6-4-5-8-19)11-16(18)12-15/h10-12,19H,5,7-9,13H2,1-3H3. The average Bonchev–Trinajstić information content (AvgIpc) is 2.43. The molecule has 0 amide bonds. The molecule has 21 heavy (non-hydrogen) atoms. The van der Waals surface area contributed by atoms with Gasteiger partial charge in [0.1, 0.15) is 5.82 Å². The summed E-state index contributed by atoms with van der Waals surface area (Å²) >= 11 is 0. The number of aliphatic hydroxyl groups excluding tert-OH is 1. The lowest BCUT2D eigenvalue weighted by molar-refractivity contribution is -0.0124. The maximum Gasteiger partial charge on any atom is 0.124 e. The normalized spacial score (nSPS) is 11.1. The Morgan fingerprint density at radius 3 is 2.71 bits per heavy atom. The number of benzene rings is 1. The Labute approximate surface area is 126 Å². The number of halogens is 1. The van der Waals surface area contributed by atoms with Gasteiger partial charge in [0.25, 0.3) is 0 Å². The maximum absolute atomic E-state index is 13.5. The first-order valence-corrected chi connectivity index (χ1v) is 6.99. The Kier molecular flexibility index (Phi) is 7.38. The maximum atomic E-state index is 13.5. The van der Waals surface area contributed by atoms with E-state index in [1.54, 1.807) is 13.2 Å². The molecular formula is C17H23FO3. The first-order chi connectivity index (χ1) is 9.96. The molecule has 0 heterocycles. The van der Waals surface area contributed by atoms with Crippen molar-refractivity contribution in [3.8, 4) is 11.8 Å². The summed E-state index contributed by atoms with van der Waals surface area (Å²) in [7, 11) is 1.67. The van der Waals surface area contributed by atoms with Gasteiger partial charge in [-0.3, -0.25) is 0 Å². The van der Waals surface area contributed by atoms with Crippen LogP contribution in [0, 0.1) is 17.7 Å². The molecule has 0 atom stereocenters. The van der Waals surface area contributed by atoms with Gasteiger partial charge in [0, 0.05) is 25.7 Å². The second-order valence-corrected chi connectivity index (χ2v) is 5.39. The van der Waals surface area contributed by atoms with E-state index in [-0.39, 0.29) is 18.0 Å². The topological polar surface area (TPSA) is 38.7 Å². The summed E-state index contributed by atoms with van der Waals surface area (Å²) in [6.45, 7) is 4.88. The van der Waals surface area contributed by atoms with Crippen molar-refractivity contribution in [2.24, 2.45) is 0 Å². The van der Waals surface area contributed by atoms with Crippen molar-refractivity contribution in [1.82, 2.24) is 0 Å². The highest BCUT2D eigenvalue weighted by Crippen LogP contribution is 2.14. The quantitative estimate of drug-likeness (QED) is 0.621. The van der Waals surface area contributed by atoms with Gasteiger partial charge < -0.3 is 14.6 Å². The third-order valence-corrected chi connectivity index (χ3v) is 3.10. The van der Waals surface area contributed by atoms with Crippen LogP contribution in [-0.2, 0) is 16.1 Å². The molecule has 1 rings (SSSR count). The van der Waals surface area contributed by atoms with Crippen molar-refractivity contribution in [2.75, 3.05) is 20.3 Å². The van der Waals surface area contributed by atoms with Crippen LogP contribution >= 0.6 is 0 Å². The molecule has 1 N–H and O–H groups in total. The zero-order valence-corrected chi connectivity index (χ0v) is 12.9. The summed E-state index contributed by atoms with van der Waals surface area (Å²) in [6, 6.07) is 4.62. The largest absolute Gasteiger partial charge is 0.395 e. The minimum Gasteiger partial charge on any atom is -0.395 e. The first-order valence-electron chi connectivity index (χ1n) is 6.99. The average molecular weight is 294 g/mol. The molecule has 0 radical (unpaired) electrons. The highest BCUT2D eigenvalue weighted by molar-refractivity contribution is 5.37. The molecule has 1 aromatic rings. The van der Waals surface area contributed by atoms with Crippen LogP contribution in [-0.4, -0.2) is 31.0 Å². The van der Waals surface area contributed by atoms with E-state index < -0.39 is 0 Å². The predicted octanol–water partition coefficient (Wildman–Crippen LogP) is 2.89. The van der Waals surface area contributed by atoms with Gasteiger partial charge in [0.05, 0.1) is 18.8 Å². The summed E-state index contributed by atoms with van der Waals surface area (Å²) < 4.78 is 24.4. The van der Waals surface area contributed by atoms with Crippen molar-refractivity contribution in [2.45, 2.75) is 38.9 Å². The van der Waals surface area contributed by atoms with Crippen LogP contribution in [0.15, 0.2) is 18.2 Å². The van der Waals surface area contributed by atoms with Gasteiger partial charge in [0.2, 0.25) is 0 Å². The monoisotopic (exact) mass is 294 g/mol. The summed E-state index contributed by atoms with van der Waals surface area (Å²) in [4.78, 5) is 0. The van der Waals surface area contributed by atoms with E-state index in [0.29, 0.717) is 25.2 Å². The van der Waals surface area contributed by atoms with Gasteiger partial charge >= 0.3 is 0 Å². The number of rotatable bonds is 7. The summed E-state index contributed by atoms with van der Waals surface area (Å²) in [5, 5.41) is 8.68. The molecule has 0 unspecified atom stereocenters. The van der Waals surface area contributed by atoms with Gasteiger partial charge in [0.15, 0.2) is 0 Å². The Bertz CT molecular complexity index is 500. The SMILES string of the molecule is COC(C)(C)CCOCc1cc(F)cc(C#CCCO)c1. The van der Waals surface area contributed by atoms with E-state index >= 15 is 0 Å². The molecule has 0 aliphatic rings. The number of methoxy groups -OCH3 is 1. The van der Waals surface area contributed by atoms with Crippen molar-refractivity contribution >= 4 is 0 Å². The Morgan fingerprint density at radius 1 is 1.29 bits per heavy atom. The van der Waals surface area contributed by atoms with Crippen LogP contribution in [0.25, 0.3) is 0 Å². The number of ether oxygens (including phenoxy) is 2. The zero-order chi connectivity index (χ0) is 15.7. The van der Waals surface area contributed by atoms with Crippen molar-refractivity contribution in [3.63, 3.8) is 0 Å². The second kappa shape index (κ2) is 8.78. The molecule has 4 heteroatoms. The van der Waals surface area contributed by atoms with Gasteiger partial charge in [-0.05, 0) is 44.0 Å². The molecule has 0 fully saturated rings. The lowest BCUT2D eigenvalue weighted by Crippen LogP contribution is -2.24. The minimum atomic E-state index is -0.332. The van der Waals surface area contributed by atoms with Crippen molar-refractivity contribution in [1.29, 1.82) is 0 Å². The van der Waals surface area contributed by atoms with E-state index in [1.807, 2.05) is 13.8 Å². The second-order valence-electron chi connectivity index (χ2n) is 5.39. The Balaban J connectivity index is 2.54. The van der Waals surface area contributed by atoms with Gasteiger partial charge in [-0.25, -0.2) is 4.39 Å². The van der Waals surface area contributed by atoms with Crippen LogP contribution in [0.3, 0.4) is 0 Å². The molecule has 0 aromatic heterocycles. The van der Waals surface area contributed by atoms with Crippen LogP contribution in [0.2, 0.25) is 0 Å².